The second-order valence-electron chi connectivity index (χ2n) is 4.35. The van der Waals surface area contributed by atoms with Crippen molar-refractivity contribution in [3.8, 4) is 21.8 Å². The van der Waals surface area contributed by atoms with Crippen molar-refractivity contribution in [2.45, 2.75) is 13.3 Å². The average molecular weight is 283 g/mol. The van der Waals surface area contributed by atoms with Gasteiger partial charge < -0.3 is 4.98 Å². The van der Waals surface area contributed by atoms with Crippen LogP contribution in [0.4, 0.5) is 0 Å². The highest BCUT2D eigenvalue weighted by atomic mass is 32.1. The molecule has 20 heavy (non-hydrogen) atoms. The maximum Gasteiger partial charge on any atom is 0.257 e. The molecule has 4 nitrogen and oxygen atoms in total. The highest BCUT2D eigenvalue weighted by Gasteiger charge is 2.09. The van der Waals surface area contributed by atoms with Crippen LogP contribution in [0.3, 0.4) is 0 Å². The van der Waals surface area contributed by atoms with Gasteiger partial charge in [-0.1, -0.05) is 6.92 Å². The molecule has 0 saturated carbocycles. The molecule has 0 amide bonds. The molecule has 0 spiro atoms. The van der Waals surface area contributed by atoms with Crippen molar-refractivity contribution < 1.29 is 0 Å². The van der Waals surface area contributed by atoms with E-state index in [0.717, 1.165) is 22.7 Å². The summed E-state index contributed by atoms with van der Waals surface area (Å²) in [4.78, 5) is 23.4. The van der Waals surface area contributed by atoms with Gasteiger partial charge >= 0.3 is 0 Å². The van der Waals surface area contributed by atoms with E-state index in [4.69, 9.17) is 0 Å². The molecule has 3 rings (SSSR count). The molecule has 0 bridgehead atoms. The normalized spacial score (nSPS) is 10.7. The number of hydrogen-bond acceptors (Lipinski definition) is 4. The van der Waals surface area contributed by atoms with E-state index >= 15 is 0 Å². The first kappa shape index (κ1) is 12.7. The van der Waals surface area contributed by atoms with Gasteiger partial charge in [-0.3, -0.25) is 9.78 Å². The fourth-order valence-corrected chi connectivity index (χ4v) is 2.77. The SMILES string of the molecule is CCc1ccc(-c2csc(-c3ccncc3)n2)c(=O)[nH]1. The summed E-state index contributed by atoms with van der Waals surface area (Å²) in [5.41, 5.74) is 3.18. The minimum Gasteiger partial charge on any atom is -0.326 e. The number of aromatic amines is 1. The molecule has 5 heteroatoms. The van der Waals surface area contributed by atoms with Crippen molar-refractivity contribution in [2.24, 2.45) is 0 Å². The third-order valence-corrected chi connectivity index (χ3v) is 3.95. The quantitative estimate of drug-likeness (QED) is 0.803. The number of hydrogen-bond donors (Lipinski definition) is 1. The molecule has 0 aliphatic rings. The van der Waals surface area contributed by atoms with E-state index in [0.29, 0.717) is 11.3 Å². The Morgan fingerprint density at radius 2 is 2.00 bits per heavy atom. The molecular formula is C15H13N3OS. The summed E-state index contributed by atoms with van der Waals surface area (Å²) >= 11 is 1.52. The van der Waals surface area contributed by atoms with Gasteiger partial charge in [0.2, 0.25) is 0 Å². The van der Waals surface area contributed by atoms with E-state index in [1.165, 1.54) is 11.3 Å². The molecule has 0 radical (unpaired) electrons. The van der Waals surface area contributed by atoms with Crippen molar-refractivity contribution in [1.82, 2.24) is 15.0 Å². The number of thiazole rings is 1. The third kappa shape index (κ3) is 2.40. The number of nitrogens with one attached hydrogen (secondary N) is 1. The van der Waals surface area contributed by atoms with E-state index in [9.17, 15) is 4.79 Å². The highest BCUT2D eigenvalue weighted by molar-refractivity contribution is 7.13. The third-order valence-electron chi connectivity index (χ3n) is 3.06. The Balaban J connectivity index is 2.01. The lowest BCUT2D eigenvalue weighted by Gasteiger charge is -1.99. The standard InChI is InChI=1S/C15H13N3OS/c1-2-11-3-4-12(14(19)17-11)13-9-20-15(18-13)10-5-7-16-8-6-10/h3-9H,2H2,1H3,(H,17,19). The number of pyridine rings is 2. The first-order valence-corrected chi connectivity index (χ1v) is 7.24. The van der Waals surface area contributed by atoms with Crippen LogP contribution in [0, 0.1) is 0 Å². The minimum absolute atomic E-state index is 0.0871. The monoisotopic (exact) mass is 283 g/mol. The van der Waals surface area contributed by atoms with Crippen LogP contribution in [0.25, 0.3) is 21.8 Å². The fourth-order valence-electron chi connectivity index (χ4n) is 1.95. The molecule has 0 unspecified atom stereocenters. The van der Waals surface area contributed by atoms with Crippen LogP contribution in [-0.4, -0.2) is 15.0 Å². The Bertz CT molecular complexity index is 777. The summed E-state index contributed by atoms with van der Waals surface area (Å²) in [5, 5.41) is 2.80. The Morgan fingerprint density at radius 1 is 1.20 bits per heavy atom. The first-order valence-electron chi connectivity index (χ1n) is 6.36. The van der Waals surface area contributed by atoms with Gasteiger partial charge in [-0.2, -0.15) is 0 Å². The second kappa shape index (κ2) is 5.38. The van der Waals surface area contributed by atoms with Crippen LogP contribution < -0.4 is 5.56 Å². The summed E-state index contributed by atoms with van der Waals surface area (Å²) in [6.45, 7) is 2.01. The van der Waals surface area contributed by atoms with E-state index in [2.05, 4.69) is 15.0 Å². The van der Waals surface area contributed by atoms with Gasteiger partial charge in [-0.15, -0.1) is 11.3 Å². The molecule has 0 aromatic carbocycles. The Kier molecular flexibility index (Phi) is 3.43. The van der Waals surface area contributed by atoms with E-state index in [-0.39, 0.29) is 5.56 Å². The Labute approximate surface area is 120 Å². The topological polar surface area (TPSA) is 58.6 Å². The number of nitrogens with zero attached hydrogens (tertiary/aromatic N) is 2. The molecule has 0 saturated heterocycles. The van der Waals surface area contributed by atoms with Crippen LogP contribution in [0.2, 0.25) is 0 Å². The van der Waals surface area contributed by atoms with Gasteiger partial charge in [0.15, 0.2) is 0 Å². The van der Waals surface area contributed by atoms with Crippen LogP contribution in [0.5, 0.6) is 0 Å². The largest absolute Gasteiger partial charge is 0.326 e. The summed E-state index contributed by atoms with van der Waals surface area (Å²) in [5.74, 6) is 0. The molecular weight excluding hydrogens is 270 g/mol. The zero-order valence-corrected chi connectivity index (χ0v) is 11.8. The smallest absolute Gasteiger partial charge is 0.257 e. The molecule has 0 atom stereocenters. The first-order chi connectivity index (χ1) is 9.78. The number of rotatable bonds is 3. The lowest BCUT2D eigenvalue weighted by atomic mass is 10.2. The van der Waals surface area contributed by atoms with E-state index in [1.54, 1.807) is 12.4 Å². The Hall–Kier alpha value is -2.27. The van der Waals surface area contributed by atoms with E-state index in [1.807, 2.05) is 36.6 Å². The number of aromatic nitrogens is 3. The molecule has 0 fully saturated rings. The zero-order chi connectivity index (χ0) is 13.9. The highest BCUT2D eigenvalue weighted by Crippen LogP contribution is 2.26. The molecule has 1 N–H and O–H groups in total. The van der Waals surface area contributed by atoms with Gasteiger partial charge in [-0.25, -0.2) is 4.98 Å². The molecule has 100 valence electrons. The predicted molar refractivity (Wildman–Crippen MR) is 80.8 cm³/mol. The van der Waals surface area contributed by atoms with Crippen molar-refractivity contribution in [3.05, 3.63) is 58.1 Å². The lowest BCUT2D eigenvalue weighted by molar-refractivity contribution is 1.01. The van der Waals surface area contributed by atoms with Crippen LogP contribution >= 0.6 is 11.3 Å². The molecule has 0 aliphatic carbocycles. The van der Waals surface area contributed by atoms with Crippen molar-refractivity contribution in [3.63, 3.8) is 0 Å². The van der Waals surface area contributed by atoms with Gasteiger partial charge in [0.1, 0.15) is 5.01 Å². The van der Waals surface area contributed by atoms with E-state index < -0.39 is 0 Å². The van der Waals surface area contributed by atoms with Gasteiger partial charge in [0.25, 0.3) is 5.56 Å². The molecule has 3 heterocycles. The van der Waals surface area contributed by atoms with Crippen molar-refractivity contribution in [1.29, 1.82) is 0 Å². The molecule has 3 aromatic rings. The molecule has 3 aromatic heterocycles. The fraction of sp³-hybridized carbons (Fsp3) is 0.133. The summed E-state index contributed by atoms with van der Waals surface area (Å²) in [7, 11) is 0. The minimum atomic E-state index is -0.0871. The molecule has 0 aliphatic heterocycles. The van der Waals surface area contributed by atoms with Crippen LogP contribution in [-0.2, 0) is 6.42 Å². The number of aryl methyl sites for hydroxylation is 1. The summed E-state index contributed by atoms with van der Waals surface area (Å²) in [6, 6.07) is 7.59. The zero-order valence-electron chi connectivity index (χ0n) is 11.0. The average Bonchev–Trinajstić information content (AvgIpc) is 2.97. The van der Waals surface area contributed by atoms with Crippen molar-refractivity contribution >= 4 is 11.3 Å². The van der Waals surface area contributed by atoms with Crippen molar-refractivity contribution in [2.75, 3.05) is 0 Å². The maximum atomic E-state index is 12.0. The second-order valence-corrected chi connectivity index (χ2v) is 5.21. The Morgan fingerprint density at radius 3 is 2.70 bits per heavy atom. The lowest BCUT2D eigenvalue weighted by Crippen LogP contribution is -2.10. The number of H-pyrrole nitrogens is 1. The van der Waals surface area contributed by atoms with Gasteiger partial charge in [0.05, 0.1) is 11.3 Å². The van der Waals surface area contributed by atoms with Gasteiger partial charge in [-0.05, 0) is 30.7 Å². The van der Waals surface area contributed by atoms with Crippen LogP contribution in [0.15, 0.2) is 46.8 Å². The maximum absolute atomic E-state index is 12.0. The van der Waals surface area contributed by atoms with Gasteiger partial charge in [0, 0.05) is 29.0 Å². The summed E-state index contributed by atoms with van der Waals surface area (Å²) < 4.78 is 0. The predicted octanol–water partition coefficient (Wildman–Crippen LogP) is 3.12. The van der Waals surface area contributed by atoms with Crippen LogP contribution in [0.1, 0.15) is 12.6 Å². The summed E-state index contributed by atoms with van der Waals surface area (Å²) in [6.07, 6.45) is 4.29.